The highest BCUT2D eigenvalue weighted by atomic mass is 19.4. The first kappa shape index (κ1) is 23.3. The number of aryl methyl sites for hydroxylation is 1. The number of rotatable bonds is 6. The predicted molar refractivity (Wildman–Crippen MR) is 124 cm³/mol. The lowest BCUT2D eigenvalue weighted by Gasteiger charge is -2.22. The Hall–Kier alpha value is -3.88. The average molecular weight is 468 g/mol. The van der Waals surface area contributed by atoms with Crippen LogP contribution in [0.1, 0.15) is 23.1 Å². The summed E-state index contributed by atoms with van der Waals surface area (Å²) in [5.41, 5.74) is 0.421. The van der Waals surface area contributed by atoms with Crippen LogP contribution in [0.5, 0.6) is 0 Å². The van der Waals surface area contributed by atoms with Gasteiger partial charge in [0.2, 0.25) is 5.95 Å². The molecule has 1 aliphatic rings. The number of hydrogen-bond acceptors (Lipinski definition) is 4. The number of nitrogens with one attached hydrogen (secondary N) is 1. The second kappa shape index (κ2) is 9.54. The maximum Gasteiger partial charge on any atom is 0.416 e. The molecule has 1 unspecified atom stereocenters. The quantitative estimate of drug-likeness (QED) is 0.593. The van der Waals surface area contributed by atoms with E-state index in [1.54, 1.807) is 0 Å². The minimum atomic E-state index is -4.49. The van der Waals surface area contributed by atoms with Gasteiger partial charge in [0.05, 0.1) is 24.7 Å². The Morgan fingerprint density at radius 1 is 0.971 bits per heavy atom. The Kier molecular flexibility index (Phi) is 6.54. The van der Waals surface area contributed by atoms with Crippen LogP contribution in [0, 0.1) is 6.92 Å². The minimum Gasteiger partial charge on any atom is -0.349 e. The Morgan fingerprint density at radius 2 is 1.62 bits per heavy atom. The number of halogens is 3. The zero-order valence-corrected chi connectivity index (χ0v) is 18.4. The molecule has 9 heteroatoms. The molecule has 34 heavy (non-hydrogen) atoms. The molecule has 1 N–H and O–H groups in total. The highest BCUT2D eigenvalue weighted by molar-refractivity contribution is 5.37. The SMILES string of the molecule is Cc1ccc(Cn2c(=O)nc(NC3C=C(C(F)(F)F)C=CC3)n(Cc3ccccc3)c2=O)cc1. The topological polar surface area (TPSA) is 68.9 Å². The zero-order chi connectivity index (χ0) is 24.3. The molecule has 3 aromatic rings. The third-order valence-electron chi connectivity index (χ3n) is 5.50. The van der Waals surface area contributed by atoms with Gasteiger partial charge in [0.15, 0.2) is 0 Å². The zero-order valence-electron chi connectivity index (χ0n) is 18.4. The summed E-state index contributed by atoms with van der Waals surface area (Å²) in [7, 11) is 0. The summed E-state index contributed by atoms with van der Waals surface area (Å²) in [6, 6.07) is 15.7. The molecule has 0 spiro atoms. The standard InChI is InChI=1S/C25H23F3N4O2/c1-17-10-12-19(13-11-17)16-32-23(33)30-22(29-21-9-5-8-20(14-21)25(26,27)28)31(24(32)34)15-18-6-3-2-4-7-18/h2-8,10-14,21H,9,15-16H2,1H3,(H,29,30,33). The number of anilines is 1. The molecule has 0 aliphatic heterocycles. The van der Waals surface area contributed by atoms with Crippen molar-refractivity contribution in [3.8, 4) is 0 Å². The molecular weight excluding hydrogens is 445 g/mol. The summed E-state index contributed by atoms with van der Waals surface area (Å²) in [6.07, 6.45) is -0.781. The van der Waals surface area contributed by atoms with Gasteiger partial charge in [-0.05, 0) is 30.5 Å². The van der Waals surface area contributed by atoms with Gasteiger partial charge >= 0.3 is 17.6 Å². The van der Waals surface area contributed by atoms with Gasteiger partial charge in [-0.25, -0.2) is 14.2 Å². The molecule has 6 nitrogen and oxygen atoms in total. The number of hydrogen-bond donors (Lipinski definition) is 1. The van der Waals surface area contributed by atoms with E-state index in [9.17, 15) is 22.8 Å². The van der Waals surface area contributed by atoms with Gasteiger partial charge in [0.25, 0.3) is 0 Å². The molecule has 176 valence electrons. The molecule has 1 aromatic heterocycles. The molecular formula is C25H23F3N4O2. The smallest absolute Gasteiger partial charge is 0.349 e. The fraction of sp³-hybridized carbons (Fsp3) is 0.240. The van der Waals surface area contributed by atoms with Crippen molar-refractivity contribution >= 4 is 5.95 Å². The van der Waals surface area contributed by atoms with Gasteiger partial charge in [-0.1, -0.05) is 72.3 Å². The van der Waals surface area contributed by atoms with Gasteiger partial charge < -0.3 is 5.32 Å². The summed E-state index contributed by atoms with van der Waals surface area (Å²) < 4.78 is 41.8. The van der Waals surface area contributed by atoms with Crippen LogP contribution in [0.2, 0.25) is 0 Å². The summed E-state index contributed by atoms with van der Waals surface area (Å²) >= 11 is 0. The molecule has 0 saturated heterocycles. The summed E-state index contributed by atoms with van der Waals surface area (Å²) in [4.78, 5) is 30.2. The number of allylic oxidation sites excluding steroid dienone is 2. The van der Waals surface area contributed by atoms with Crippen molar-refractivity contribution < 1.29 is 13.2 Å². The van der Waals surface area contributed by atoms with Gasteiger partial charge in [-0.15, -0.1) is 0 Å². The van der Waals surface area contributed by atoms with E-state index < -0.39 is 29.2 Å². The number of nitrogens with zero attached hydrogens (tertiary/aromatic N) is 3. The number of aromatic nitrogens is 3. The van der Waals surface area contributed by atoms with Crippen LogP contribution in [0.15, 0.2) is 88.0 Å². The van der Waals surface area contributed by atoms with Crippen molar-refractivity contribution in [2.24, 2.45) is 0 Å². The van der Waals surface area contributed by atoms with Crippen molar-refractivity contribution in [3.05, 3.63) is 116 Å². The first-order valence-electron chi connectivity index (χ1n) is 10.7. The first-order chi connectivity index (χ1) is 16.2. The number of alkyl halides is 3. The van der Waals surface area contributed by atoms with Gasteiger partial charge in [0.1, 0.15) is 0 Å². The fourth-order valence-electron chi connectivity index (χ4n) is 3.70. The Balaban J connectivity index is 1.74. The minimum absolute atomic E-state index is 0.0321. The normalized spacial score (nSPS) is 15.8. The van der Waals surface area contributed by atoms with Crippen molar-refractivity contribution in [1.82, 2.24) is 14.1 Å². The van der Waals surface area contributed by atoms with Crippen molar-refractivity contribution in [3.63, 3.8) is 0 Å². The summed E-state index contributed by atoms with van der Waals surface area (Å²) in [5, 5.41) is 2.86. The Labute approximate surface area is 193 Å². The molecule has 2 aromatic carbocycles. The highest BCUT2D eigenvalue weighted by Gasteiger charge is 2.33. The Morgan fingerprint density at radius 3 is 2.29 bits per heavy atom. The van der Waals surface area contributed by atoms with Crippen LogP contribution in [-0.4, -0.2) is 26.3 Å². The molecule has 1 heterocycles. The number of benzene rings is 2. The van der Waals surface area contributed by atoms with Crippen molar-refractivity contribution in [1.29, 1.82) is 0 Å². The maximum atomic E-state index is 13.4. The van der Waals surface area contributed by atoms with Crippen LogP contribution in [-0.2, 0) is 13.1 Å². The maximum absolute atomic E-state index is 13.4. The third-order valence-corrected chi connectivity index (χ3v) is 5.50. The van der Waals surface area contributed by atoms with E-state index in [0.717, 1.165) is 33.4 Å². The van der Waals surface area contributed by atoms with Crippen LogP contribution in [0.4, 0.5) is 19.1 Å². The van der Waals surface area contributed by atoms with E-state index in [0.29, 0.717) is 0 Å². The van der Waals surface area contributed by atoms with E-state index >= 15 is 0 Å². The van der Waals surface area contributed by atoms with Gasteiger partial charge in [-0.2, -0.15) is 18.2 Å². The Bertz CT molecular complexity index is 1340. The van der Waals surface area contributed by atoms with Crippen molar-refractivity contribution in [2.75, 3.05) is 5.32 Å². The largest absolute Gasteiger partial charge is 0.416 e. The average Bonchev–Trinajstić information content (AvgIpc) is 2.81. The summed E-state index contributed by atoms with van der Waals surface area (Å²) in [5.74, 6) is -0.0721. The van der Waals surface area contributed by atoms with Crippen LogP contribution < -0.4 is 16.7 Å². The molecule has 0 radical (unpaired) electrons. The molecule has 0 fully saturated rings. The predicted octanol–water partition coefficient (Wildman–Crippen LogP) is 4.04. The monoisotopic (exact) mass is 468 g/mol. The molecule has 0 bridgehead atoms. The second-order valence-corrected chi connectivity index (χ2v) is 8.15. The van der Waals surface area contributed by atoms with E-state index in [1.807, 2.05) is 61.5 Å². The van der Waals surface area contributed by atoms with E-state index in [-0.39, 0.29) is 25.5 Å². The van der Waals surface area contributed by atoms with E-state index in [2.05, 4.69) is 10.3 Å². The van der Waals surface area contributed by atoms with Gasteiger partial charge in [-0.3, -0.25) is 4.57 Å². The lowest BCUT2D eigenvalue weighted by molar-refractivity contribution is -0.0886. The van der Waals surface area contributed by atoms with Crippen LogP contribution in [0.25, 0.3) is 0 Å². The molecule has 1 aliphatic carbocycles. The second-order valence-electron chi connectivity index (χ2n) is 8.15. The van der Waals surface area contributed by atoms with Crippen LogP contribution >= 0.6 is 0 Å². The fourth-order valence-corrected chi connectivity index (χ4v) is 3.70. The third kappa shape index (κ3) is 5.36. The van der Waals surface area contributed by atoms with Crippen LogP contribution in [0.3, 0.4) is 0 Å². The first-order valence-corrected chi connectivity index (χ1v) is 10.7. The highest BCUT2D eigenvalue weighted by Crippen LogP contribution is 2.30. The molecule has 1 atom stereocenters. The molecule has 0 saturated carbocycles. The molecule has 4 rings (SSSR count). The summed E-state index contributed by atoms with van der Waals surface area (Å²) in [6.45, 7) is 2.07. The van der Waals surface area contributed by atoms with Gasteiger partial charge in [0, 0.05) is 0 Å². The van der Waals surface area contributed by atoms with E-state index in [4.69, 9.17) is 0 Å². The lowest BCUT2D eigenvalue weighted by atomic mass is 10.0. The molecule has 0 amide bonds. The lowest BCUT2D eigenvalue weighted by Crippen LogP contribution is -2.44. The van der Waals surface area contributed by atoms with Crippen molar-refractivity contribution in [2.45, 2.75) is 38.7 Å². The van der Waals surface area contributed by atoms with E-state index in [1.165, 1.54) is 10.6 Å².